The van der Waals surface area contributed by atoms with Crippen LogP contribution >= 0.6 is 0 Å². The zero-order valence-corrected chi connectivity index (χ0v) is 24.7. The second kappa shape index (κ2) is 9.66. The van der Waals surface area contributed by atoms with Crippen molar-refractivity contribution in [3.8, 4) is 0 Å². The number of rotatable bonds is 6. The molecular formula is C23H49NO6Si2. The Labute approximate surface area is 198 Å². The smallest absolute Gasteiger partial charge is 0.410 e. The van der Waals surface area contributed by atoms with Gasteiger partial charge in [0.1, 0.15) is 11.7 Å². The maximum atomic E-state index is 13.1. The Kier molecular flexibility index (Phi) is 8.92. The van der Waals surface area contributed by atoms with Gasteiger partial charge in [-0.2, -0.15) is 0 Å². The zero-order chi connectivity index (χ0) is 25.5. The van der Waals surface area contributed by atoms with E-state index in [4.69, 9.17) is 13.6 Å². The third-order valence-corrected chi connectivity index (χ3v) is 16.1. The lowest BCUT2D eigenvalue weighted by Crippen LogP contribution is -2.56. The van der Waals surface area contributed by atoms with Crippen molar-refractivity contribution < 1.29 is 28.6 Å². The van der Waals surface area contributed by atoms with Crippen molar-refractivity contribution in [2.75, 3.05) is 13.2 Å². The minimum atomic E-state index is -2.28. The van der Waals surface area contributed by atoms with E-state index < -0.39 is 59.3 Å². The van der Waals surface area contributed by atoms with Crippen LogP contribution in [0.5, 0.6) is 0 Å². The summed E-state index contributed by atoms with van der Waals surface area (Å²) in [6.07, 6.45) is -2.66. The molecule has 0 aromatic rings. The lowest BCUT2D eigenvalue weighted by molar-refractivity contribution is -0.0334. The van der Waals surface area contributed by atoms with E-state index in [1.54, 1.807) is 0 Å². The van der Waals surface area contributed by atoms with E-state index in [0.29, 0.717) is 0 Å². The molecule has 1 fully saturated rings. The highest BCUT2D eigenvalue weighted by Gasteiger charge is 2.55. The van der Waals surface area contributed by atoms with Crippen LogP contribution < -0.4 is 0 Å². The highest BCUT2D eigenvalue weighted by atomic mass is 28.4. The first-order chi connectivity index (χ1) is 14.0. The van der Waals surface area contributed by atoms with Crippen molar-refractivity contribution in [3.63, 3.8) is 0 Å². The Bertz CT molecular complexity index is 648. The first kappa shape index (κ1) is 29.6. The number of hydrogen-bond acceptors (Lipinski definition) is 6. The number of hydrogen-bond donors (Lipinski definition) is 2. The number of amides is 1. The molecule has 0 aromatic carbocycles. The fourth-order valence-electron chi connectivity index (χ4n) is 3.19. The molecule has 1 aliphatic rings. The first-order valence-electron chi connectivity index (χ1n) is 11.7. The number of aliphatic hydroxyl groups excluding tert-OH is 2. The van der Waals surface area contributed by atoms with Crippen LogP contribution in [-0.4, -0.2) is 80.9 Å². The van der Waals surface area contributed by atoms with E-state index in [0.717, 1.165) is 0 Å². The molecule has 0 spiro atoms. The third-order valence-electron chi connectivity index (χ3n) is 7.14. The van der Waals surface area contributed by atoms with Gasteiger partial charge in [0.05, 0.1) is 31.4 Å². The summed E-state index contributed by atoms with van der Waals surface area (Å²) in [6, 6.07) is -0.751. The van der Waals surface area contributed by atoms with Gasteiger partial charge < -0.3 is 23.8 Å². The number of aliphatic hydroxyl groups is 2. The van der Waals surface area contributed by atoms with Crippen LogP contribution in [0, 0.1) is 0 Å². The van der Waals surface area contributed by atoms with Gasteiger partial charge in [-0.3, -0.25) is 4.90 Å². The molecule has 0 aliphatic carbocycles. The van der Waals surface area contributed by atoms with Crippen LogP contribution in [0.25, 0.3) is 0 Å². The van der Waals surface area contributed by atoms with E-state index in [9.17, 15) is 15.0 Å². The lowest BCUT2D eigenvalue weighted by Gasteiger charge is -2.44. The third kappa shape index (κ3) is 7.02. The summed E-state index contributed by atoms with van der Waals surface area (Å²) in [5.41, 5.74) is -0.681. The van der Waals surface area contributed by atoms with Crippen molar-refractivity contribution in [2.24, 2.45) is 0 Å². The molecule has 4 atom stereocenters. The standard InChI is InChI=1S/C23H49NO6Si2/c1-21(2,3)28-20(27)24-14-17(29-31(10,11)22(4,5)6)19(18(24)16(26)15-25)30-32(12,13)23(7,8)9/h16-19,25-26H,14-15H2,1-13H3/t16-,17+,18-,19-/m1/s1. The van der Waals surface area contributed by atoms with Crippen LogP contribution in [0.2, 0.25) is 36.3 Å². The second-order valence-electron chi connectivity index (χ2n) is 13.1. The number of nitrogens with zero attached hydrogens (tertiary/aromatic N) is 1. The molecule has 0 bridgehead atoms. The lowest BCUT2D eigenvalue weighted by atomic mass is 10.1. The minimum Gasteiger partial charge on any atom is -0.444 e. The molecule has 1 saturated heterocycles. The van der Waals surface area contributed by atoms with E-state index in [1.165, 1.54) is 4.90 Å². The van der Waals surface area contributed by atoms with Crippen molar-refractivity contribution in [1.29, 1.82) is 0 Å². The van der Waals surface area contributed by atoms with E-state index in [1.807, 2.05) is 20.8 Å². The van der Waals surface area contributed by atoms with Gasteiger partial charge in [0.15, 0.2) is 16.6 Å². The monoisotopic (exact) mass is 491 g/mol. The molecule has 1 rings (SSSR count). The Morgan fingerprint density at radius 3 is 1.75 bits per heavy atom. The Balaban J connectivity index is 3.47. The molecule has 0 unspecified atom stereocenters. The zero-order valence-electron chi connectivity index (χ0n) is 22.7. The van der Waals surface area contributed by atoms with Crippen molar-refractivity contribution in [2.45, 2.75) is 129 Å². The van der Waals surface area contributed by atoms with E-state index in [-0.39, 0.29) is 16.6 Å². The Morgan fingerprint density at radius 1 is 0.938 bits per heavy atom. The van der Waals surface area contributed by atoms with Crippen LogP contribution in [-0.2, 0) is 13.6 Å². The predicted octanol–water partition coefficient (Wildman–Crippen LogP) is 4.74. The summed E-state index contributed by atoms with van der Waals surface area (Å²) < 4.78 is 19.2. The van der Waals surface area contributed by atoms with Gasteiger partial charge in [0.25, 0.3) is 0 Å². The molecular weight excluding hydrogens is 442 g/mol. The number of ether oxygens (including phenoxy) is 1. The summed E-state index contributed by atoms with van der Waals surface area (Å²) in [5.74, 6) is 0. The van der Waals surface area contributed by atoms with Crippen molar-refractivity contribution >= 4 is 22.7 Å². The first-order valence-corrected chi connectivity index (χ1v) is 17.5. The molecule has 7 nitrogen and oxygen atoms in total. The molecule has 0 aromatic heterocycles. The Morgan fingerprint density at radius 2 is 1.38 bits per heavy atom. The Hall–Kier alpha value is -0.456. The quantitative estimate of drug-likeness (QED) is 0.522. The largest absolute Gasteiger partial charge is 0.444 e. The van der Waals surface area contributed by atoms with Crippen LogP contribution in [0.15, 0.2) is 0 Å². The number of likely N-dealkylation sites (tertiary alicyclic amines) is 1. The molecule has 1 aliphatic heterocycles. The molecule has 9 heteroatoms. The fourth-order valence-corrected chi connectivity index (χ4v) is 5.83. The number of carbonyl (C=O) groups is 1. The van der Waals surface area contributed by atoms with E-state index in [2.05, 4.69) is 67.7 Å². The SMILES string of the molecule is CC(C)(C)OC(=O)N1C[C@H](O[Si](C)(C)C(C)(C)C)[C@@H](O[Si](C)(C)C(C)(C)C)[C@H]1[C@H](O)CO. The maximum Gasteiger partial charge on any atom is 0.410 e. The van der Waals surface area contributed by atoms with Crippen LogP contribution in [0.4, 0.5) is 4.79 Å². The summed E-state index contributed by atoms with van der Waals surface area (Å²) >= 11 is 0. The highest BCUT2D eigenvalue weighted by Crippen LogP contribution is 2.43. The molecule has 32 heavy (non-hydrogen) atoms. The molecule has 2 N–H and O–H groups in total. The van der Waals surface area contributed by atoms with Gasteiger partial charge in [-0.05, 0) is 57.0 Å². The molecule has 1 amide bonds. The summed E-state index contributed by atoms with van der Waals surface area (Å²) in [6.45, 7) is 26.8. The van der Waals surface area contributed by atoms with Gasteiger partial charge in [-0.1, -0.05) is 41.5 Å². The molecule has 1 heterocycles. The van der Waals surface area contributed by atoms with E-state index >= 15 is 0 Å². The summed E-state index contributed by atoms with van der Waals surface area (Å²) in [5, 5.41) is 20.6. The maximum absolute atomic E-state index is 13.1. The summed E-state index contributed by atoms with van der Waals surface area (Å²) in [7, 11) is -4.49. The van der Waals surface area contributed by atoms with Gasteiger partial charge in [0.2, 0.25) is 0 Å². The topological polar surface area (TPSA) is 88.5 Å². The predicted molar refractivity (Wildman–Crippen MR) is 134 cm³/mol. The normalized spacial score (nSPS) is 24.6. The van der Waals surface area contributed by atoms with Gasteiger partial charge in [-0.25, -0.2) is 4.79 Å². The summed E-state index contributed by atoms with van der Waals surface area (Å²) in [4.78, 5) is 14.6. The molecule has 0 radical (unpaired) electrons. The van der Waals surface area contributed by atoms with Crippen molar-refractivity contribution in [3.05, 3.63) is 0 Å². The molecule has 0 saturated carbocycles. The minimum absolute atomic E-state index is 0.0288. The fraction of sp³-hybridized carbons (Fsp3) is 0.957. The number of carbonyl (C=O) groups excluding carboxylic acids is 1. The van der Waals surface area contributed by atoms with Crippen LogP contribution in [0.3, 0.4) is 0 Å². The van der Waals surface area contributed by atoms with Gasteiger partial charge in [0, 0.05) is 0 Å². The average molecular weight is 492 g/mol. The van der Waals surface area contributed by atoms with Gasteiger partial charge in [-0.15, -0.1) is 0 Å². The highest BCUT2D eigenvalue weighted by molar-refractivity contribution is 6.74. The average Bonchev–Trinajstić information content (AvgIpc) is 2.87. The van der Waals surface area contributed by atoms with Gasteiger partial charge >= 0.3 is 6.09 Å². The van der Waals surface area contributed by atoms with Crippen LogP contribution in [0.1, 0.15) is 62.3 Å². The molecule has 190 valence electrons. The van der Waals surface area contributed by atoms with Crippen molar-refractivity contribution in [1.82, 2.24) is 4.90 Å². The second-order valence-corrected chi connectivity index (χ2v) is 22.6.